The SMILES string of the molecule is O=S(=O)(c1ccc(Cl)s1)N1CCCC(c2nnc(C3CCCCC3)o2)C1. The van der Waals surface area contributed by atoms with E-state index in [0.717, 1.165) is 42.9 Å². The average Bonchev–Trinajstić information content (AvgIpc) is 3.32. The molecule has 0 amide bonds. The maximum atomic E-state index is 12.8. The van der Waals surface area contributed by atoms with Crippen LogP contribution in [-0.2, 0) is 10.0 Å². The molecule has 1 atom stereocenters. The third kappa shape index (κ3) is 3.69. The Hall–Kier alpha value is -0.960. The Bertz CT molecular complexity index is 858. The van der Waals surface area contributed by atoms with Gasteiger partial charge in [0.05, 0.1) is 10.3 Å². The number of piperidine rings is 1. The lowest BCUT2D eigenvalue weighted by molar-refractivity contribution is 0.273. The van der Waals surface area contributed by atoms with E-state index in [2.05, 4.69) is 10.2 Å². The normalized spacial score (nSPS) is 23.3. The van der Waals surface area contributed by atoms with E-state index in [1.807, 2.05) is 0 Å². The summed E-state index contributed by atoms with van der Waals surface area (Å²) in [6.45, 7) is 0.891. The van der Waals surface area contributed by atoms with Crippen molar-refractivity contribution in [1.82, 2.24) is 14.5 Å². The van der Waals surface area contributed by atoms with Crippen LogP contribution in [0.25, 0.3) is 0 Å². The molecule has 2 fully saturated rings. The number of nitrogens with zero attached hydrogens (tertiary/aromatic N) is 3. The summed E-state index contributed by atoms with van der Waals surface area (Å²) in [7, 11) is -3.52. The second-order valence-electron chi connectivity index (χ2n) is 7.07. The molecule has 0 N–H and O–H groups in total. The molecule has 1 saturated carbocycles. The number of halogens is 1. The molecule has 0 radical (unpaired) electrons. The summed E-state index contributed by atoms with van der Waals surface area (Å²) < 4.78 is 33.9. The summed E-state index contributed by atoms with van der Waals surface area (Å²) in [4.78, 5) is 0. The first kappa shape index (κ1) is 18.4. The van der Waals surface area contributed by atoms with Crippen LogP contribution in [0, 0.1) is 0 Å². The minimum absolute atomic E-state index is 0.0428. The van der Waals surface area contributed by atoms with Crippen molar-refractivity contribution in [3.8, 4) is 0 Å². The molecular formula is C17H22ClN3O3S2. The summed E-state index contributed by atoms with van der Waals surface area (Å²) in [5, 5.41) is 8.52. The smallest absolute Gasteiger partial charge is 0.252 e. The van der Waals surface area contributed by atoms with Crippen LogP contribution in [0.5, 0.6) is 0 Å². The van der Waals surface area contributed by atoms with Crippen LogP contribution in [-0.4, -0.2) is 36.0 Å². The highest BCUT2D eigenvalue weighted by molar-refractivity contribution is 7.91. The molecule has 2 aromatic rings. The van der Waals surface area contributed by atoms with Gasteiger partial charge in [-0.15, -0.1) is 21.5 Å². The highest BCUT2D eigenvalue weighted by Crippen LogP contribution is 2.36. The van der Waals surface area contributed by atoms with Gasteiger partial charge < -0.3 is 4.42 Å². The van der Waals surface area contributed by atoms with Gasteiger partial charge >= 0.3 is 0 Å². The molecule has 1 unspecified atom stereocenters. The van der Waals surface area contributed by atoms with Crippen molar-refractivity contribution in [1.29, 1.82) is 0 Å². The molecule has 2 aromatic heterocycles. The van der Waals surface area contributed by atoms with Crippen molar-refractivity contribution in [2.45, 2.75) is 61.0 Å². The second kappa shape index (κ2) is 7.58. The summed E-state index contributed by atoms with van der Waals surface area (Å²) in [5.41, 5.74) is 0. The van der Waals surface area contributed by atoms with Crippen molar-refractivity contribution in [2.24, 2.45) is 0 Å². The van der Waals surface area contributed by atoms with Crippen LogP contribution < -0.4 is 0 Å². The maximum Gasteiger partial charge on any atom is 0.252 e. The van der Waals surface area contributed by atoms with E-state index in [0.29, 0.717) is 29.2 Å². The molecule has 2 aliphatic rings. The Morgan fingerprint density at radius 1 is 1.04 bits per heavy atom. The molecule has 1 aliphatic carbocycles. The molecule has 0 spiro atoms. The molecule has 3 heterocycles. The molecule has 0 aromatic carbocycles. The van der Waals surface area contributed by atoms with Crippen LogP contribution in [0.3, 0.4) is 0 Å². The fourth-order valence-electron chi connectivity index (χ4n) is 3.85. The van der Waals surface area contributed by atoms with Gasteiger partial charge in [0.25, 0.3) is 10.0 Å². The van der Waals surface area contributed by atoms with Crippen LogP contribution in [0.1, 0.15) is 68.6 Å². The van der Waals surface area contributed by atoms with E-state index < -0.39 is 10.0 Å². The molecule has 0 bridgehead atoms. The summed E-state index contributed by atoms with van der Waals surface area (Å²) in [6.07, 6.45) is 7.55. The van der Waals surface area contributed by atoms with E-state index in [4.69, 9.17) is 16.0 Å². The fraction of sp³-hybridized carbons (Fsp3) is 0.647. The Balaban J connectivity index is 1.49. The first-order chi connectivity index (χ1) is 12.5. The van der Waals surface area contributed by atoms with E-state index >= 15 is 0 Å². The fourth-order valence-corrected chi connectivity index (χ4v) is 7.01. The monoisotopic (exact) mass is 415 g/mol. The predicted molar refractivity (Wildman–Crippen MR) is 100 cm³/mol. The zero-order valence-corrected chi connectivity index (χ0v) is 16.8. The van der Waals surface area contributed by atoms with Gasteiger partial charge in [0.2, 0.25) is 11.8 Å². The Kier molecular flexibility index (Phi) is 5.36. The van der Waals surface area contributed by atoms with Crippen molar-refractivity contribution >= 4 is 33.0 Å². The molecular weight excluding hydrogens is 394 g/mol. The summed E-state index contributed by atoms with van der Waals surface area (Å²) in [5.74, 6) is 1.62. The zero-order chi connectivity index (χ0) is 18.1. The summed E-state index contributed by atoms with van der Waals surface area (Å²) >= 11 is 7.00. The number of rotatable bonds is 4. The van der Waals surface area contributed by atoms with Gasteiger partial charge in [0.1, 0.15) is 4.21 Å². The third-order valence-electron chi connectivity index (χ3n) is 5.29. The first-order valence-corrected chi connectivity index (χ1v) is 11.8. The Labute approximate surface area is 162 Å². The number of aromatic nitrogens is 2. The lowest BCUT2D eigenvalue weighted by Crippen LogP contribution is -2.38. The van der Waals surface area contributed by atoms with Gasteiger partial charge in [-0.3, -0.25) is 0 Å². The molecule has 4 rings (SSSR count). The Morgan fingerprint density at radius 2 is 1.73 bits per heavy atom. The van der Waals surface area contributed by atoms with Gasteiger partial charge in [-0.25, -0.2) is 8.42 Å². The van der Waals surface area contributed by atoms with E-state index in [1.165, 1.54) is 23.6 Å². The van der Waals surface area contributed by atoms with Gasteiger partial charge in [0, 0.05) is 19.0 Å². The quantitative estimate of drug-likeness (QED) is 0.739. The largest absolute Gasteiger partial charge is 0.425 e. The molecule has 1 saturated heterocycles. The van der Waals surface area contributed by atoms with Crippen LogP contribution in [0.15, 0.2) is 20.8 Å². The minimum atomic E-state index is -3.52. The van der Waals surface area contributed by atoms with Gasteiger partial charge in [-0.05, 0) is 37.8 Å². The topological polar surface area (TPSA) is 76.3 Å². The molecule has 26 heavy (non-hydrogen) atoms. The zero-order valence-electron chi connectivity index (χ0n) is 14.4. The second-order valence-corrected chi connectivity index (χ2v) is 11.0. The number of sulfonamides is 1. The van der Waals surface area contributed by atoms with E-state index in [-0.39, 0.29) is 10.1 Å². The minimum Gasteiger partial charge on any atom is -0.425 e. The lowest BCUT2D eigenvalue weighted by Gasteiger charge is -2.29. The lowest BCUT2D eigenvalue weighted by atomic mass is 9.89. The van der Waals surface area contributed by atoms with Crippen LogP contribution >= 0.6 is 22.9 Å². The van der Waals surface area contributed by atoms with Crippen LogP contribution in [0.4, 0.5) is 0 Å². The highest BCUT2D eigenvalue weighted by Gasteiger charge is 2.34. The van der Waals surface area contributed by atoms with Gasteiger partial charge in [-0.2, -0.15) is 4.31 Å². The van der Waals surface area contributed by atoms with Crippen LogP contribution in [0.2, 0.25) is 4.34 Å². The number of thiophene rings is 1. The summed E-state index contributed by atoms with van der Waals surface area (Å²) in [6, 6.07) is 3.19. The van der Waals surface area contributed by atoms with Crippen molar-refractivity contribution in [2.75, 3.05) is 13.1 Å². The number of hydrogen-bond acceptors (Lipinski definition) is 6. The molecule has 6 nitrogen and oxygen atoms in total. The average molecular weight is 416 g/mol. The molecule has 142 valence electrons. The highest BCUT2D eigenvalue weighted by atomic mass is 35.5. The maximum absolute atomic E-state index is 12.8. The van der Waals surface area contributed by atoms with Crippen molar-refractivity contribution < 1.29 is 12.8 Å². The predicted octanol–water partition coefficient (Wildman–Crippen LogP) is 4.40. The third-order valence-corrected chi connectivity index (χ3v) is 8.85. The van der Waals surface area contributed by atoms with Crippen molar-refractivity contribution in [3.05, 3.63) is 28.3 Å². The van der Waals surface area contributed by atoms with Gasteiger partial charge in [-0.1, -0.05) is 30.9 Å². The number of hydrogen-bond donors (Lipinski definition) is 0. The standard InChI is InChI=1S/C17H22ClN3O3S2/c18-14-8-9-15(25-14)26(22,23)21-10-4-7-13(11-21)17-20-19-16(24-17)12-5-2-1-3-6-12/h8-9,12-13H,1-7,10-11H2. The molecule has 9 heteroatoms. The van der Waals surface area contributed by atoms with E-state index in [9.17, 15) is 8.42 Å². The van der Waals surface area contributed by atoms with E-state index in [1.54, 1.807) is 12.1 Å². The Morgan fingerprint density at radius 3 is 2.42 bits per heavy atom. The first-order valence-electron chi connectivity index (χ1n) is 9.13. The van der Waals surface area contributed by atoms with Gasteiger partial charge in [0.15, 0.2) is 0 Å². The van der Waals surface area contributed by atoms with Crippen molar-refractivity contribution in [3.63, 3.8) is 0 Å². The molecule has 1 aliphatic heterocycles.